The van der Waals surface area contributed by atoms with E-state index in [4.69, 9.17) is 0 Å². The van der Waals surface area contributed by atoms with Crippen molar-refractivity contribution in [3.05, 3.63) is 241 Å². The molecular weight excluding hydrogens is 913 g/mol. The first-order valence-corrected chi connectivity index (χ1v) is 27.2. The van der Waals surface area contributed by atoms with Crippen LogP contribution in [0.3, 0.4) is 0 Å². The van der Waals surface area contributed by atoms with Gasteiger partial charge < -0.3 is 9.80 Å². The van der Waals surface area contributed by atoms with Crippen molar-refractivity contribution in [3.8, 4) is 33.4 Å². The van der Waals surface area contributed by atoms with Gasteiger partial charge in [-0.3, -0.25) is 9.59 Å². The van der Waals surface area contributed by atoms with Gasteiger partial charge in [-0.25, -0.2) is 0 Å². The van der Waals surface area contributed by atoms with Gasteiger partial charge >= 0.3 is 0 Å². The highest BCUT2D eigenvalue weighted by atomic mass is 16.1. The minimum atomic E-state index is -0.115. The summed E-state index contributed by atoms with van der Waals surface area (Å²) < 4.78 is 0. The molecule has 10 aromatic carbocycles. The van der Waals surface area contributed by atoms with E-state index in [0.29, 0.717) is 11.1 Å². The second-order valence-corrected chi connectivity index (χ2v) is 20.4. The highest BCUT2D eigenvalue weighted by Crippen LogP contribution is 2.56. The molecule has 0 atom stereocenters. The summed E-state index contributed by atoms with van der Waals surface area (Å²) in [5.74, 6) is 0. The summed E-state index contributed by atoms with van der Waals surface area (Å²) in [4.78, 5) is 28.0. The number of unbranched alkanes of at least 4 members (excludes halogenated alkanes) is 6. The highest BCUT2D eigenvalue weighted by Gasteiger charge is 2.42. The lowest BCUT2D eigenvalue weighted by molar-refractivity contribution is 0.111. The number of rotatable bonds is 20. The van der Waals surface area contributed by atoms with Crippen molar-refractivity contribution in [1.82, 2.24) is 0 Å². The Kier molecular flexibility index (Phi) is 14.4. The van der Waals surface area contributed by atoms with Gasteiger partial charge in [0.25, 0.3) is 0 Å². The Morgan fingerprint density at radius 3 is 1.11 bits per heavy atom. The molecule has 0 aromatic heterocycles. The Bertz CT molecular complexity index is 3360. The van der Waals surface area contributed by atoms with E-state index in [2.05, 4.69) is 194 Å². The topological polar surface area (TPSA) is 40.6 Å². The fourth-order valence-electron chi connectivity index (χ4n) is 11.9. The number of anilines is 6. The SMILES string of the molecule is CCCCCCC1(CCCCCC)c2cc(-c3ccc(N(c4ccc(C=O)cc4)c4cccc5ccccc45)cc3)ccc2-c2ccc(-c3ccc(N(c4ccc(C=O)cc4)c4cccc5ccccc45)cc3)cc21. The largest absolute Gasteiger partial charge is 0.310 e. The van der Waals surface area contributed by atoms with Crippen molar-refractivity contribution in [3.63, 3.8) is 0 Å². The van der Waals surface area contributed by atoms with Gasteiger partial charge in [0.05, 0.1) is 11.4 Å². The second-order valence-electron chi connectivity index (χ2n) is 20.4. The summed E-state index contributed by atoms with van der Waals surface area (Å²) in [6, 6.07) is 78.4. The number of benzene rings is 10. The third-order valence-electron chi connectivity index (χ3n) is 15.8. The lowest BCUT2D eigenvalue weighted by Crippen LogP contribution is -2.25. The van der Waals surface area contributed by atoms with E-state index in [1.54, 1.807) is 0 Å². The summed E-state index contributed by atoms with van der Waals surface area (Å²) in [6.45, 7) is 4.62. The molecule has 10 aromatic rings. The first kappa shape index (κ1) is 48.9. The Labute approximate surface area is 443 Å². The quantitative estimate of drug-likeness (QED) is 0.0564. The monoisotopic (exact) mass is 976 g/mol. The maximum absolute atomic E-state index is 11.7. The molecule has 1 aliphatic carbocycles. The van der Waals surface area contributed by atoms with Crippen LogP contribution in [0.15, 0.2) is 218 Å². The van der Waals surface area contributed by atoms with Crippen LogP contribution in [0.4, 0.5) is 34.1 Å². The number of carbonyl (C=O) groups is 2. The number of fused-ring (bicyclic) bond motifs is 5. The summed E-state index contributed by atoms with van der Waals surface area (Å²) in [6.07, 6.45) is 13.8. The first-order chi connectivity index (χ1) is 37.0. The van der Waals surface area contributed by atoms with E-state index in [1.165, 1.54) is 117 Å². The average Bonchev–Trinajstić information content (AvgIpc) is 3.75. The lowest BCUT2D eigenvalue weighted by atomic mass is 9.70. The molecule has 0 N–H and O–H groups in total. The fourth-order valence-corrected chi connectivity index (χ4v) is 11.9. The number of nitrogens with zero attached hydrogens (tertiary/aromatic N) is 2. The smallest absolute Gasteiger partial charge is 0.150 e. The number of carbonyl (C=O) groups excluding carboxylic acids is 2. The molecule has 370 valence electrons. The van der Waals surface area contributed by atoms with Gasteiger partial charge in [0.2, 0.25) is 0 Å². The van der Waals surface area contributed by atoms with Crippen molar-refractivity contribution in [2.24, 2.45) is 0 Å². The van der Waals surface area contributed by atoms with Gasteiger partial charge in [-0.05, 0) is 165 Å². The zero-order valence-electron chi connectivity index (χ0n) is 43.2. The molecule has 0 amide bonds. The summed E-state index contributed by atoms with van der Waals surface area (Å²) in [5.41, 5.74) is 18.0. The zero-order chi connectivity index (χ0) is 51.1. The number of aldehydes is 2. The molecule has 75 heavy (non-hydrogen) atoms. The molecule has 11 rings (SSSR count). The van der Waals surface area contributed by atoms with Crippen LogP contribution in [0.5, 0.6) is 0 Å². The minimum Gasteiger partial charge on any atom is -0.310 e. The predicted octanol–water partition coefficient (Wildman–Crippen LogP) is 20.1. The molecule has 0 saturated carbocycles. The van der Waals surface area contributed by atoms with Gasteiger partial charge in [-0.1, -0.05) is 187 Å². The van der Waals surface area contributed by atoms with Gasteiger partial charge in [-0.15, -0.1) is 0 Å². The average molecular weight is 977 g/mol. The van der Waals surface area contributed by atoms with Crippen LogP contribution in [0.1, 0.15) is 110 Å². The maximum atomic E-state index is 11.7. The first-order valence-electron chi connectivity index (χ1n) is 27.2. The molecule has 4 heteroatoms. The molecule has 4 nitrogen and oxygen atoms in total. The predicted molar refractivity (Wildman–Crippen MR) is 316 cm³/mol. The summed E-state index contributed by atoms with van der Waals surface area (Å²) in [5, 5.41) is 4.69. The molecule has 0 aliphatic heterocycles. The molecule has 1 aliphatic rings. The second kappa shape index (κ2) is 22.0. The van der Waals surface area contributed by atoms with E-state index >= 15 is 0 Å². The molecule has 0 heterocycles. The Morgan fingerprint density at radius 2 is 0.720 bits per heavy atom. The van der Waals surface area contributed by atoms with Gasteiger partial charge in [-0.2, -0.15) is 0 Å². The zero-order valence-corrected chi connectivity index (χ0v) is 43.2. The summed E-state index contributed by atoms with van der Waals surface area (Å²) in [7, 11) is 0. The van der Waals surface area contributed by atoms with E-state index in [0.717, 1.165) is 59.5 Å². The van der Waals surface area contributed by atoms with E-state index < -0.39 is 0 Å². The molecule has 0 saturated heterocycles. The van der Waals surface area contributed by atoms with Crippen molar-refractivity contribution in [2.75, 3.05) is 9.80 Å². The Morgan fingerprint density at radius 1 is 0.360 bits per heavy atom. The highest BCUT2D eigenvalue weighted by molar-refractivity contribution is 6.01. The molecule has 0 bridgehead atoms. The Hall–Kier alpha value is -8.34. The standard InChI is InChI=1S/C71H64N2O2/c1-3-5-7-13-45-71(46-14-8-6-4-2)67-47-57(53-29-39-61(40-30-53)72(59-35-25-51(49-74)26-36-59)69-23-15-19-55-17-9-11-21-63(55)69)33-43-65(67)66-44-34-58(48-68(66)71)54-31-41-62(42-32-54)73(60-37-27-52(50-75)28-38-60)70-24-16-20-56-18-10-12-22-64(56)70/h9-12,15-44,47-50H,3-8,13-14,45-46H2,1-2H3. The van der Waals surface area contributed by atoms with E-state index in [-0.39, 0.29) is 5.41 Å². The maximum Gasteiger partial charge on any atom is 0.150 e. The van der Waals surface area contributed by atoms with Crippen molar-refractivity contribution < 1.29 is 9.59 Å². The molecular formula is C71H64N2O2. The van der Waals surface area contributed by atoms with Crippen molar-refractivity contribution in [2.45, 2.75) is 83.5 Å². The van der Waals surface area contributed by atoms with Crippen LogP contribution >= 0.6 is 0 Å². The third-order valence-corrected chi connectivity index (χ3v) is 15.8. The molecule has 0 unspecified atom stereocenters. The van der Waals surface area contributed by atoms with Crippen LogP contribution in [-0.2, 0) is 5.41 Å². The van der Waals surface area contributed by atoms with E-state index in [1.807, 2.05) is 48.5 Å². The molecule has 0 spiro atoms. The van der Waals surface area contributed by atoms with Crippen LogP contribution in [-0.4, -0.2) is 12.6 Å². The Balaban J connectivity index is 0.974. The van der Waals surface area contributed by atoms with Crippen molar-refractivity contribution >= 4 is 68.2 Å². The number of hydrogen-bond donors (Lipinski definition) is 0. The van der Waals surface area contributed by atoms with Gasteiger partial charge in [0, 0.05) is 50.1 Å². The third kappa shape index (κ3) is 9.70. The molecule has 0 radical (unpaired) electrons. The number of hydrogen-bond acceptors (Lipinski definition) is 4. The van der Waals surface area contributed by atoms with Crippen LogP contribution < -0.4 is 9.80 Å². The molecule has 0 fully saturated rings. The van der Waals surface area contributed by atoms with Crippen molar-refractivity contribution in [1.29, 1.82) is 0 Å². The normalized spacial score (nSPS) is 12.3. The summed E-state index contributed by atoms with van der Waals surface area (Å²) >= 11 is 0. The lowest BCUT2D eigenvalue weighted by Gasteiger charge is -2.33. The van der Waals surface area contributed by atoms with Crippen LogP contribution in [0.2, 0.25) is 0 Å². The minimum absolute atomic E-state index is 0.115. The van der Waals surface area contributed by atoms with Crippen LogP contribution in [0, 0.1) is 0 Å². The van der Waals surface area contributed by atoms with Gasteiger partial charge in [0.1, 0.15) is 12.6 Å². The van der Waals surface area contributed by atoms with Crippen LogP contribution in [0.25, 0.3) is 54.9 Å². The van der Waals surface area contributed by atoms with Gasteiger partial charge in [0.15, 0.2) is 0 Å². The van der Waals surface area contributed by atoms with E-state index in [9.17, 15) is 9.59 Å². The fraction of sp³-hybridized carbons (Fsp3) is 0.183.